The van der Waals surface area contributed by atoms with Crippen molar-refractivity contribution in [1.29, 1.82) is 0 Å². The van der Waals surface area contributed by atoms with Crippen molar-refractivity contribution in [2.45, 2.75) is 55.1 Å². The van der Waals surface area contributed by atoms with Gasteiger partial charge in [-0.05, 0) is 29.8 Å². The number of carboxylic acid groups (broad SMARTS) is 1. The van der Waals surface area contributed by atoms with Crippen LogP contribution in [0, 0.1) is 0 Å². The Hall–Kier alpha value is -4.93. The van der Waals surface area contributed by atoms with Gasteiger partial charge in [0.05, 0.1) is 6.61 Å². The highest BCUT2D eigenvalue weighted by atomic mass is 32.3. The minimum atomic E-state index is -5.00. The standard InChI is InChI=1S/C30H28O19S/c31-9-19-26(10-1-3-15(13(32)5-10)47-30-25(38)22(35)24(37)28(48-30)29(39)40)45-17-6-11(2-4-16(17)44-19)27-23(36)21(34)20-14(33)7-12(8-18(20)46-27)49-50(41,42)43/h1-8,19,22-28,30-33,35-38H,9H2,(H,39,40)(H,41,42,43). The Bertz CT molecular complexity index is 1930. The number of ether oxygens (including phenoxy) is 5. The van der Waals surface area contributed by atoms with Crippen molar-refractivity contribution >= 4 is 22.2 Å². The number of aliphatic hydroxyl groups is 5. The number of phenolic OH excluding ortho intramolecular Hbond substituents is 2. The fraction of sp³-hybridized carbons (Fsp3) is 0.333. The zero-order valence-corrected chi connectivity index (χ0v) is 25.9. The van der Waals surface area contributed by atoms with Crippen molar-refractivity contribution in [2.75, 3.05) is 6.61 Å². The summed E-state index contributed by atoms with van der Waals surface area (Å²) >= 11 is 0. The molecule has 0 aliphatic carbocycles. The number of carboxylic acids is 1. The third-order valence-electron chi connectivity index (χ3n) is 8.03. The minimum absolute atomic E-state index is 0.0309. The van der Waals surface area contributed by atoms with Crippen molar-refractivity contribution in [2.24, 2.45) is 0 Å². The van der Waals surface area contributed by atoms with Crippen LogP contribution in [0.1, 0.15) is 33.7 Å². The number of carbonyl (C=O) groups is 2. The van der Waals surface area contributed by atoms with Crippen LogP contribution in [0.15, 0.2) is 48.5 Å². The first-order valence-corrected chi connectivity index (χ1v) is 15.9. The Morgan fingerprint density at radius 3 is 2.14 bits per heavy atom. The van der Waals surface area contributed by atoms with Gasteiger partial charge in [-0.2, -0.15) is 8.42 Å². The first-order valence-electron chi connectivity index (χ1n) is 14.5. The van der Waals surface area contributed by atoms with Crippen molar-refractivity contribution < 1.29 is 91.3 Å². The highest BCUT2D eigenvalue weighted by molar-refractivity contribution is 7.81. The highest BCUT2D eigenvalue weighted by Crippen LogP contribution is 2.46. The van der Waals surface area contributed by atoms with E-state index in [9.17, 15) is 58.9 Å². The zero-order chi connectivity index (χ0) is 36.2. The highest BCUT2D eigenvalue weighted by Gasteiger charge is 2.48. The molecule has 3 aliphatic rings. The van der Waals surface area contributed by atoms with E-state index in [0.29, 0.717) is 0 Å². The van der Waals surface area contributed by atoms with Gasteiger partial charge in [0.25, 0.3) is 0 Å². The van der Waals surface area contributed by atoms with Gasteiger partial charge in [-0.15, -0.1) is 0 Å². The molecule has 0 spiro atoms. The molecule has 3 heterocycles. The molecule has 9 N–H and O–H groups in total. The molecular formula is C30H28O19S. The molecule has 1 fully saturated rings. The van der Waals surface area contributed by atoms with E-state index in [0.717, 1.165) is 18.2 Å². The Balaban J connectivity index is 1.24. The molecule has 19 nitrogen and oxygen atoms in total. The van der Waals surface area contributed by atoms with E-state index in [1.54, 1.807) is 0 Å². The molecule has 3 aromatic carbocycles. The lowest BCUT2D eigenvalue weighted by atomic mass is 9.92. The van der Waals surface area contributed by atoms with Crippen molar-refractivity contribution in [3.05, 3.63) is 65.2 Å². The summed E-state index contributed by atoms with van der Waals surface area (Å²) in [6.07, 6.45) is -15.0. The van der Waals surface area contributed by atoms with Crippen LogP contribution in [0.25, 0.3) is 0 Å². The van der Waals surface area contributed by atoms with Gasteiger partial charge in [0, 0.05) is 17.7 Å². The molecule has 1 saturated heterocycles. The number of Topliss-reactive ketones (excluding diaryl/α,β-unsaturated/α-hetero) is 1. The van der Waals surface area contributed by atoms with Crippen LogP contribution < -0.4 is 23.1 Å². The summed E-state index contributed by atoms with van der Waals surface area (Å²) in [6.45, 7) is -0.572. The van der Waals surface area contributed by atoms with Gasteiger partial charge in [0.15, 0.2) is 59.3 Å². The lowest BCUT2D eigenvalue weighted by molar-refractivity contribution is -0.271. The first-order chi connectivity index (χ1) is 23.6. The van der Waals surface area contributed by atoms with Crippen LogP contribution >= 0.6 is 0 Å². The Morgan fingerprint density at radius 2 is 1.48 bits per heavy atom. The second-order valence-electron chi connectivity index (χ2n) is 11.3. The van der Waals surface area contributed by atoms with Crippen molar-refractivity contribution in [3.63, 3.8) is 0 Å². The molecule has 0 bridgehead atoms. The molecule has 50 heavy (non-hydrogen) atoms. The third-order valence-corrected chi connectivity index (χ3v) is 8.43. The quantitative estimate of drug-likeness (QED) is 0.127. The predicted octanol–water partition coefficient (Wildman–Crippen LogP) is -0.899. The maximum absolute atomic E-state index is 13.0. The summed E-state index contributed by atoms with van der Waals surface area (Å²) in [4.78, 5) is 24.4. The Morgan fingerprint density at radius 1 is 0.800 bits per heavy atom. The number of rotatable bonds is 8. The number of aromatic hydroxyl groups is 2. The van der Waals surface area contributed by atoms with E-state index in [2.05, 4.69) is 4.18 Å². The normalized spacial score (nSPS) is 29.0. The molecule has 20 heteroatoms. The van der Waals surface area contributed by atoms with Crippen molar-refractivity contribution in [1.82, 2.24) is 0 Å². The van der Waals surface area contributed by atoms with E-state index >= 15 is 0 Å². The van der Waals surface area contributed by atoms with Crippen LogP contribution in [0.4, 0.5) is 0 Å². The first kappa shape index (κ1) is 34.9. The number of hydrogen-bond donors (Lipinski definition) is 9. The topological polar surface area (TPSA) is 306 Å². The maximum Gasteiger partial charge on any atom is 0.446 e. The SMILES string of the molecule is O=C1c2c(O)cc(OS(=O)(=O)O)cc2OC(c2ccc3c(c2)OC(c2ccc(OC4OC(C(=O)O)C(O)C(O)C4O)c(O)c2)C(CO)O3)C1O. The number of aliphatic carboxylic acids is 1. The van der Waals surface area contributed by atoms with E-state index < -0.39 is 107 Å². The second-order valence-corrected chi connectivity index (χ2v) is 12.4. The van der Waals surface area contributed by atoms with Gasteiger partial charge in [0.1, 0.15) is 35.4 Å². The van der Waals surface area contributed by atoms with Crippen LogP contribution in [-0.4, -0.2) is 115 Å². The number of aliphatic hydroxyl groups excluding tert-OH is 5. The molecule has 3 aromatic rings. The summed E-state index contributed by atoms with van der Waals surface area (Å²) in [5, 5.41) is 81.3. The summed E-state index contributed by atoms with van der Waals surface area (Å²) in [7, 11) is -5.00. The number of fused-ring (bicyclic) bond motifs is 2. The summed E-state index contributed by atoms with van der Waals surface area (Å²) in [5.41, 5.74) is -0.105. The maximum atomic E-state index is 13.0. The average molecular weight is 725 g/mol. The zero-order valence-electron chi connectivity index (χ0n) is 25.0. The fourth-order valence-electron chi connectivity index (χ4n) is 5.65. The fourth-order valence-corrected chi connectivity index (χ4v) is 5.99. The molecule has 6 rings (SSSR count). The molecular weight excluding hydrogens is 696 g/mol. The van der Waals surface area contributed by atoms with Crippen molar-refractivity contribution in [3.8, 4) is 40.2 Å². The molecule has 9 atom stereocenters. The number of benzene rings is 3. The largest absolute Gasteiger partial charge is 0.507 e. The third kappa shape index (κ3) is 6.53. The van der Waals surface area contributed by atoms with Gasteiger partial charge < -0.3 is 68.7 Å². The number of carbonyl (C=O) groups excluding carboxylic acids is 1. The van der Waals surface area contributed by atoms with Gasteiger partial charge in [-0.3, -0.25) is 9.35 Å². The molecule has 268 valence electrons. The van der Waals surface area contributed by atoms with Gasteiger partial charge in [-0.1, -0.05) is 12.1 Å². The number of hydrogen-bond acceptors (Lipinski definition) is 17. The lowest BCUT2D eigenvalue weighted by Crippen LogP contribution is -2.61. The van der Waals surface area contributed by atoms with Gasteiger partial charge in [-0.25, -0.2) is 4.79 Å². The van der Waals surface area contributed by atoms with E-state index in [-0.39, 0.29) is 34.1 Å². The Kier molecular flexibility index (Phi) is 9.13. The molecule has 3 aliphatic heterocycles. The smallest absolute Gasteiger partial charge is 0.446 e. The second kappa shape index (κ2) is 13.1. The lowest BCUT2D eigenvalue weighted by Gasteiger charge is -2.38. The molecule has 0 amide bonds. The van der Waals surface area contributed by atoms with E-state index in [1.165, 1.54) is 30.3 Å². The minimum Gasteiger partial charge on any atom is -0.507 e. The number of ketones is 1. The summed E-state index contributed by atoms with van der Waals surface area (Å²) in [5.74, 6) is -5.09. The van der Waals surface area contributed by atoms with Crippen LogP contribution in [0.2, 0.25) is 0 Å². The van der Waals surface area contributed by atoms with Gasteiger partial charge >= 0.3 is 16.4 Å². The molecule has 0 saturated carbocycles. The molecule has 9 unspecified atom stereocenters. The van der Waals surface area contributed by atoms with Crippen LogP contribution in [0.3, 0.4) is 0 Å². The summed E-state index contributed by atoms with van der Waals surface area (Å²) in [6, 6.07) is 9.52. The Labute approximate surface area is 280 Å². The molecule has 0 radical (unpaired) electrons. The molecule has 0 aromatic heterocycles. The summed E-state index contributed by atoms with van der Waals surface area (Å²) < 4.78 is 63.9. The number of phenols is 2. The monoisotopic (exact) mass is 724 g/mol. The van der Waals surface area contributed by atoms with Gasteiger partial charge in [0.2, 0.25) is 12.1 Å². The van der Waals surface area contributed by atoms with Crippen LogP contribution in [-0.2, 0) is 19.9 Å². The van der Waals surface area contributed by atoms with E-state index in [1.807, 2.05) is 0 Å². The predicted molar refractivity (Wildman–Crippen MR) is 158 cm³/mol. The van der Waals surface area contributed by atoms with E-state index in [4.69, 9.17) is 28.2 Å². The average Bonchev–Trinajstić information content (AvgIpc) is 3.05. The van der Waals surface area contributed by atoms with Crippen LogP contribution in [0.5, 0.6) is 40.2 Å².